The highest BCUT2D eigenvalue weighted by atomic mass is 35.5. The van der Waals surface area contributed by atoms with Crippen LogP contribution in [-0.4, -0.2) is 25.4 Å². The van der Waals surface area contributed by atoms with Gasteiger partial charge < -0.3 is 20.1 Å². The number of rotatable bonds is 2. The van der Waals surface area contributed by atoms with E-state index in [0.717, 1.165) is 5.69 Å². The van der Waals surface area contributed by atoms with Gasteiger partial charge in [-0.1, -0.05) is 18.2 Å². The van der Waals surface area contributed by atoms with Crippen LogP contribution in [0.3, 0.4) is 0 Å². The fourth-order valence-corrected chi connectivity index (χ4v) is 2.98. The van der Waals surface area contributed by atoms with Gasteiger partial charge >= 0.3 is 0 Å². The van der Waals surface area contributed by atoms with Crippen molar-refractivity contribution in [3.8, 4) is 6.07 Å². The molecule has 1 aromatic rings. The highest BCUT2D eigenvalue weighted by Gasteiger charge is 2.39. The summed E-state index contributed by atoms with van der Waals surface area (Å²) in [5.41, 5.74) is 1.90. The molecule has 7 heteroatoms. The molecule has 2 aliphatic rings. The van der Waals surface area contributed by atoms with Gasteiger partial charge in [-0.25, -0.2) is 4.99 Å². The molecular weight excluding hydrogens is 328 g/mol. The van der Waals surface area contributed by atoms with Gasteiger partial charge in [0.1, 0.15) is 17.4 Å². The number of halogens is 1. The average Bonchev–Trinajstić information content (AvgIpc) is 2.56. The molecule has 0 spiro atoms. The number of nitrogens with zero attached hydrogens (tertiary/aromatic N) is 2. The van der Waals surface area contributed by atoms with Crippen LogP contribution < -0.4 is 10.6 Å². The second-order valence-corrected chi connectivity index (χ2v) is 5.95. The van der Waals surface area contributed by atoms with Crippen LogP contribution in [0.4, 0.5) is 5.69 Å². The molecule has 124 valence electrons. The summed E-state index contributed by atoms with van der Waals surface area (Å²) < 4.78 is 11.1. The van der Waals surface area contributed by atoms with Gasteiger partial charge in [0.05, 0.1) is 24.8 Å². The number of aliphatic imine (C=N–C) groups is 1. The van der Waals surface area contributed by atoms with E-state index in [-0.39, 0.29) is 12.0 Å². The van der Waals surface area contributed by atoms with Gasteiger partial charge in [-0.15, -0.1) is 0 Å². The molecule has 0 bridgehead atoms. The Morgan fingerprint density at radius 1 is 1.42 bits per heavy atom. The standard InChI is InChI=1S/C17H17ClN4O2/c1-9-14-10(2)24-17(21-12-6-4-11(18)5-7-12)22-15(14)13(8-19)16(20-9)23-3/h4-7,9,14,17,21-22H,2H2,1,3H3. The molecule has 2 aliphatic heterocycles. The second kappa shape index (κ2) is 6.46. The number of fused-ring (bicyclic) bond motifs is 1. The van der Waals surface area contributed by atoms with E-state index in [0.29, 0.717) is 27.9 Å². The first-order valence-corrected chi connectivity index (χ1v) is 7.81. The Bertz CT molecular complexity index is 764. The van der Waals surface area contributed by atoms with Crippen molar-refractivity contribution in [1.29, 1.82) is 5.26 Å². The summed E-state index contributed by atoms with van der Waals surface area (Å²) in [4.78, 5) is 4.40. The molecule has 3 atom stereocenters. The van der Waals surface area contributed by atoms with Crippen LogP contribution in [0.5, 0.6) is 0 Å². The molecule has 3 rings (SSSR count). The predicted octanol–water partition coefficient (Wildman–Crippen LogP) is 3.01. The zero-order valence-electron chi connectivity index (χ0n) is 13.3. The van der Waals surface area contributed by atoms with E-state index < -0.39 is 6.35 Å². The Labute approximate surface area is 145 Å². The maximum absolute atomic E-state index is 9.50. The average molecular weight is 345 g/mol. The third kappa shape index (κ3) is 2.91. The summed E-state index contributed by atoms with van der Waals surface area (Å²) in [7, 11) is 1.50. The van der Waals surface area contributed by atoms with E-state index >= 15 is 0 Å². The quantitative estimate of drug-likeness (QED) is 0.862. The third-order valence-corrected chi connectivity index (χ3v) is 4.20. The molecule has 1 saturated heterocycles. The number of methoxy groups -OCH3 is 1. The monoisotopic (exact) mass is 344 g/mol. The van der Waals surface area contributed by atoms with Gasteiger partial charge in [-0.2, -0.15) is 5.26 Å². The molecule has 0 saturated carbocycles. The maximum atomic E-state index is 9.50. The van der Waals surface area contributed by atoms with E-state index in [4.69, 9.17) is 21.1 Å². The fourth-order valence-electron chi connectivity index (χ4n) is 2.85. The van der Waals surface area contributed by atoms with Crippen LogP contribution in [0.2, 0.25) is 5.02 Å². The predicted molar refractivity (Wildman–Crippen MR) is 92.3 cm³/mol. The first-order valence-electron chi connectivity index (χ1n) is 7.44. The largest absolute Gasteiger partial charge is 0.480 e. The van der Waals surface area contributed by atoms with Crippen LogP contribution in [-0.2, 0) is 9.47 Å². The summed E-state index contributed by atoms with van der Waals surface area (Å²) in [6, 6.07) is 9.26. The van der Waals surface area contributed by atoms with Gasteiger partial charge in [0, 0.05) is 10.7 Å². The van der Waals surface area contributed by atoms with Crippen molar-refractivity contribution in [3.63, 3.8) is 0 Å². The van der Waals surface area contributed by atoms with Crippen LogP contribution in [0, 0.1) is 17.2 Å². The Morgan fingerprint density at radius 2 is 2.12 bits per heavy atom. The summed E-state index contributed by atoms with van der Waals surface area (Å²) in [5, 5.41) is 16.5. The number of dihydropyridines is 1. The fraction of sp³-hybridized carbons (Fsp3) is 0.294. The Balaban J connectivity index is 1.89. The lowest BCUT2D eigenvalue weighted by atomic mass is 9.89. The highest BCUT2D eigenvalue weighted by Crippen LogP contribution is 2.35. The molecule has 2 heterocycles. The topological polar surface area (TPSA) is 78.7 Å². The minimum atomic E-state index is -0.559. The SMILES string of the molecule is C=C1OC(Nc2ccc(Cl)cc2)NC2=C(C#N)C(OC)=NC(C)C12. The molecule has 0 aliphatic carbocycles. The highest BCUT2D eigenvalue weighted by molar-refractivity contribution is 6.30. The van der Waals surface area contributed by atoms with Gasteiger partial charge in [-0.3, -0.25) is 0 Å². The lowest BCUT2D eigenvalue weighted by Gasteiger charge is -2.39. The minimum Gasteiger partial charge on any atom is -0.480 e. The lowest BCUT2D eigenvalue weighted by Crippen LogP contribution is -2.49. The minimum absolute atomic E-state index is 0.136. The van der Waals surface area contributed by atoms with Crippen molar-refractivity contribution in [3.05, 3.63) is 52.9 Å². The number of benzene rings is 1. The molecule has 24 heavy (non-hydrogen) atoms. The van der Waals surface area contributed by atoms with Crippen molar-refractivity contribution in [2.24, 2.45) is 10.9 Å². The second-order valence-electron chi connectivity index (χ2n) is 5.52. The normalized spacial score (nSPS) is 25.7. The number of hydrogen-bond donors (Lipinski definition) is 2. The Morgan fingerprint density at radius 3 is 2.75 bits per heavy atom. The summed E-state index contributed by atoms with van der Waals surface area (Å²) >= 11 is 5.90. The van der Waals surface area contributed by atoms with Gasteiger partial charge in [0.25, 0.3) is 0 Å². The smallest absolute Gasteiger partial charge is 0.247 e. The zero-order valence-corrected chi connectivity index (χ0v) is 14.1. The van der Waals surface area contributed by atoms with Gasteiger partial charge in [-0.05, 0) is 31.2 Å². The molecule has 3 unspecified atom stereocenters. The zero-order chi connectivity index (χ0) is 17.3. The van der Waals surface area contributed by atoms with Crippen LogP contribution >= 0.6 is 11.6 Å². The Hall–Kier alpha value is -2.65. The van der Waals surface area contributed by atoms with E-state index in [2.05, 4.69) is 28.3 Å². The number of ether oxygens (including phenoxy) is 2. The van der Waals surface area contributed by atoms with Crippen molar-refractivity contribution in [2.75, 3.05) is 12.4 Å². The summed E-state index contributed by atoms with van der Waals surface area (Å²) in [6.07, 6.45) is -0.559. The molecule has 0 radical (unpaired) electrons. The van der Waals surface area contributed by atoms with Crippen molar-refractivity contribution < 1.29 is 9.47 Å². The first kappa shape index (κ1) is 16.2. The van der Waals surface area contributed by atoms with Crippen molar-refractivity contribution in [1.82, 2.24) is 5.32 Å². The third-order valence-electron chi connectivity index (χ3n) is 3.95. The van der Waals surface area contributed by atoms with E-state index in [1.54, 1.807) is 12.1 Å². The van der Waals surface area contributed by atoms with E-state index in [1.165, 1.54) is 7.11 Å². The van der Waals surface area contributed by atoms with E-state index in [9.17, 15) is 5.26 Å². The first-order chi connectivity index (χ1) is 11.5. The van der Waals surface area contributed by atoms with Gasteiger partial charge in [0.15, 0.2) is 0 Å². The number of anilines is 1. The molecular formula is C17H17ClN4O2. The number of hydrogen-bond acceptors (Lipinski definition) is 6. The van der Waals surface area contributed by atoms with E-state index in [1.807, 2.05) is 19.1 Å². The maximum Gasteiger partial charge on any atom is 0.247 e. The molecule has 1 fully saturated rings. The lowest BCUT2D eigenvalue weighted by molar-refractivity contribution is 0.0649. The number of nitriles is 1. The molecule has 0 aromatic heterocycles. The Kier molecular flexibility index (Phi) is 4.36. The molecule has 1 aromatic carbocycles. The molecule has 6 nitrogen and oxygen atoms in total. The summed E-state index contributed by atoms with van der Waals surface area (Å²) in [5.74, 6) is 0.667. The molecule has 2 N–H and O–H groups in total. The van der Waals surface area contributed by atoms with Gasteiger partial charge in [0.2, 0.25) is 12.2 Å². The molecule has 0 amide bonds. The number of nitrogens with one attached hydrogen (secondary N) is 2. The van der Waals surface area contributed by atoms with Crippen LogP contribution in [0.1, 0.15) is 6.92 Å². The van der Waals surface area contributed by atoms with Crippen LogP contribution in [0.25, 0.3) is 0 Å². The van der Waals surface area contributed by atoms with Crippen LogP contribution in [0.15, 0.2) is 52.9 Å². The van der Waals surface area contributed by atoms with Crippen molar-refractivity contribution >= 4 is 23.2 Å². The van der Waals surface area contributed by atoms with Crippen molar-refractivity contribution in [2.45, 2.75) is 19.3 Å². The summed E-state index contributed by atoms with van der Waals surface area (Å²) in [6.45, 7) is 5.93.